The van der Waals surface area contributed by atoms with Crippen LogP contribution in [0.4, 0.5) is 0 Å². The maximum atomic E-state index is 11.9. The summed E-state index contributed by atoms with van der Waals surface area (Å²) in [6.45, 7) is 0.0655. The van der Waals surface area contributed by atoms with E-state index in [1.807, 2.05) is 30.3 Å². The van der Waals surface area contributed by atoms with Gasteiger partial charge in [0.2, 0.25) is 0 Å². The summed E-state index contributed by atoms with van der Waals surface area (Å²) >= 11 is 0. The predicted octanol–water partition coefficient (Wildman–Crippen LogP) is 2.54. The first-order chi connectivity index (χ1) is 8.81. The van der Waals surface area contributed by atoms with Gasteiger partial charge in [0.05, 0.1) is 12.2 Å². The zero-order chi connectivity index (χ0) is 12.8. The molecule has 0 heterocycles. The van der Waals surface area contributed by atoms with E-state index >= 15 is 0 Å². The van der Waals surface area contributed by atoms with E-state index in [2.05, 4.69) is 0 Å². The molecule has 0 saturated carbocycles. The molecule has 0 atom stereocenters. The van der Waals surface area contributed by atoms with E-state index in [-0.39, 0.29) is 13.2 Å². The van der Waals surface area contributed by atoms with Crippen molar-refractivity contribution in [1.82, 2.24) is 0 Å². The lowest BCUT2D eigenvalue weighted by molar-refractivity contribution is 0.0469. The van der Waals surface area contributed by atoms with Crippen LogP contribution in [0, 0.1) is 0 Å². The molecule has 3 heteroatoms. The second-order valence-corrected chi connectivity index (χ2v) is 3.88. The molecule has 0 spiro atoms. The first-order valence-corrected chi connectivity index (χ1v) is 5.71. The van der Waals surface area contributed by atoms with Crippen LogP contribution in [0.1, 0.15) is 21.5 Å². The normalized spacial score (nSPS) is 10.1. The Kier molecular flexibility index (Phi) is 4.10. The van der Waals surface area contributed by atoms with Crippen molar-refractivity contribution in [3.8, 4) is 0 Å². The molecule has 2 aromatic rings. The van der Waals surface area contributed by atoms with Crippen LogP contribution in [0.15, 0.2) is 54.6 Å². The van der Waals surface area contributed by atoms with Crippen molar-refractivity contribution in [2.75, 3.05) is 0 Å². The maximum Gasteiger partial charge on any atom is 0.338 e. The Morgan fingerprint density at radius 2 is 1.67 bits per heavy atom. The number of carbonyl (C=O) groups excluding carboxylic acids is 1. The summed E-state index contributed by atoms with van der Waals surface area (Å²) in [6, 6.07) is 16.4. The second kappa shape index (κ2) is 5.98. The molecule has 0 bridgehead atoms. The third kappa shape index (κ3) is 2.96. The summed E-state index contributed by atoms with van der Waals surface area (Å²) in [4.78, 5) is 11.9. The number of esters is 1. The van der Waals surface area contributed by atoms with Crippen molar-refractivity contribution in [3.05, 3.63) is 71.3 Å². The van der Waals surface area contributed by atoms with Crippen LogP contribution in [0.3, 0.4) is 0 Å². The molecule has 0 amide bonds. The number of rotatable bonds is 4. The fourth-order valence-corrected chi connectivity index (χ4v) is 1.66. The van der Waals surface area contributed by atoms with E-state index in [1.165, 1.54) is 0 Å². The fourth-order valence-electron chi connectivity index (χ4n) is 1.66. The Bertz CT molecular complexity index is 520. The van der Waals surface area contributed by atoms with Gasteiger partial charge in [-0.25, -0.2) is 4.79 Å². The Morgan fingerprint density at radius 1 is 1.00 bits per heavy atom. The largest absolute Gasteiger partial charge is 0.457 e. The maximum absolute atomic E-state index is 11.9. The lowest BCUT2D eigenvalue weighted by atomic mass is 10.1. The number of hydrogen-bond acceptors (Lipinski definition) is 3. The number of benzene rings is 2. The molecule has 0 aliphatic heterocycles. The molecule has 0 radical (unpaired) electrons. The first-order valence-electron chi connectivity index (χ1n) is 5.71. The molecule has 2 aromatic carbocycles. The third-order valence-electron chi connectivity index (χ3n) is 2.62. The van der Waals surface area contributed by atoms with Gasteiger partial charge < -0.3 is 9.84 Å². The number of carbonyl (C=O) groups is 1. The average Bonchev–Trinajstić information content (AvgIpc) is 2.45. The molecular weight excluding hydrogens is 228 g/mol. The van der Waals surface area contributed by atoms with Gasteiger partial charge in [0.1, 0.15) is 6.61 Å². The molecule has 92 valence electrons. The Morgan fingerprint density at radius 3 is 2.39 bits per heavy atom. The quantitative estimate of drug-likeness (QED) is 0.838. The van der Waals surface area contributed by atoms with E-state index in [0.717, 1.165) is 5.56 Å². The minimum absolute atomic E-state index is 0.170. The molecule has 2 rings (SSSR count). The monoisotopic (exact) mass is 242 g/mol. The highest BCUT2D eigenvalue weighted by atomic mass is 16.5. The number of hydrogen-bond donors (Lipinski definition) is 1. The molecule has 18 heavy (non-hydrogen) atoms. The van der Waals surface area contributed by atoms with E-state index in [1.54, 1.807) is 24.3 Å². The van der Waals surface area contributed by atoms with Gasteiger partial charge in [-0.15, -0.1) is 0 Å². The van der Waals surface area contributed by atoms with Gasteiger partial charge in [-0.3, -0.25) is 0 Å². The molecular formula is C15H14O3. The van der Waals surface area contributed by atoms with Crippen molar-refractivity contribution in [2.45, 2.75) is 13.2 Å². The molecule has 0 unspecified atom stereocenters. The number of aliphatic hydroxyl groups excluding tert-OH is 1. The van der Waals surface area contributed by atoms with Crippen LogP contribution < -0.4 is 0 Å². The van der Waals surface area contributed by atoms with Crippen molar-refractivity contribution >= 4 is 5.97 Å². The van der Waals surface area contributed by atoms with Gasteiger partial charge in [0.25, 0.3) is 0 Å². The highest BCUT2D eigenvalue weighted by Gasteiger charge is 2.11. The Balaban J connectivity index is 2.04. The lowest BCUT2D eigenvalue weighted by Gasteiger charge is -2.07. The lowest BCUT2D eigenvalue weighted by Crippen LogP contribution is -2.08. The zero-order valence-corrected chi connectivity index (χ0v) is 9.87. The van der Waals surface area contributed by atoms with Crippen molar-refractivity contribution in [1.29, 1.82) is 0 Å². The summed E-state index contributed by atoms with van der Waals surface area (Å²) < 4.78 is 5.21. The van der Waals surface area contributed by atoms with Gasteiger partial charge >= 0.3 is 5.97 Å². The Hall–Kier alpha value is -2.13. The molecule has 1 N–H and O–H groups in total. The van der Waals surface area contributed by atoms with Gasteiger partial charge in [0, 0.05) is 0 Å². The highest BCUT2D eigenvalue weighted by Crippen LogP contribution is 2.11. The van der Waals surface area contributed by atoms with Crippen LogP contribution in [-0.2, 0) is 18.0 Å². The van der Waals surface area contributed by atoms with Gasteiger partial charge in [-0.2, -0.15) is 0 Å². The van der Waals surface area contributed by atoms with Crippen molar-refractivity contribution in [3.63, 3.8) is 0 Å². The number of ether oxygens (including phenoxy) is 1. The summed E-state index contributed by atoms with van der Waals surface area (Å²) in [5, 5.41) is 9.14. The van der Waals surface area contributed by atoms with Crippen molar-refractivity contribution in [2.24, 2.45) is 0 Å². The molecule has 0 aliphatic rings. The second-order valence-electron chi connectivity index (χ2n) is 3.88. The summed E-state index contributed by atoms with van der Waals surface area (Å²) in [5.41, 5.74) is 1.93. The standard InChI is InChI=1S/C15H14O3/c16-10-13-8-4-5-9-14(13)15(17)18-11-12-6-2-1-3-7-12/h1-9,16H,10-11H2. The average molecular weight is 242 g/mol. The summed E-state index contributed by atoms with van der Waals surface area (Å²) in [6.07, 6.45) is 0. The molecule has 0 aromatic heterocycles. The highest BCUT2D eigenvalue weighted by molar-refractivity contribution is 5.91. The van der Waals surface area contributed by atoms with Gasteiger partial charge in [-0.1, -0.05) is 48.5 Å². The molecule has 0 fully saturated rings. The first kappa shape index (κ1) is 12.3. The van der Waals surface area contributed by atoms with Crippen molar-refractivity contribution < 1.29 is 14.6 Å². The number of aliphatic hydroxyl groups is 1. The summed E-state index contributed by atoms with van der Waals surface area (Å²) in [7, 11) is 0. The van der Waals surface area contributed by atoms with Crippen LogP contribution in [0.25, 0.3) is 0 Å². The zero-order valence-electron chi connectivity index (χ0n) is 9.87. The topological polar surface area (TPSA) is 46.5 Å². The van der Waals surface area contributed by atoms with E-state index in [0.29, 0.717) is 11.1 Å². The SMILES string of the molecule is O=C(OCc1ccccc1)c1ccccc1CO. The summed E-state index contributed by atoms with van der Waals surface area (Å²) in [5.74, 6) is -0.413. The van der Waals surface area contributed by atoms with Gasteiger partial charge in [0.15, 0.2) is 0 Å². The van der Waals surface area contributed by atoms with E-state index in [4.69, 9.17) is 9.84 Å². The third-order valence-corrected chi connectivity index (χ3v) is 2.62. The molecule has 0 aliphatic carbocycles. The van der Waals surface area contributed by atoms with Crippen LogP contribution in [-0.4, -0.2) is 11.1 Å². The van der Waals surface area contributed by atoms with Gasteiger partial charge in [-0.05, 0) is 17.2 Å². The fraction of sp³-hybridized carbons (Fsp3) is 0.133. The molecule has 3 nitrogen and oxygen atoms in total. The minimum atomic E-state index is -0.413. The van der Waals surface area contributed by atoms with Crippen LogP contribution in [0.5, 0.6) is 0 Å². The molecule has 0 saturated heterocycles. The van der Waals surface area contributed by atoms with E-state index in [9.17, 15) is 4.79 Å². The Labute approximate surface area is 106 Å². The smallest absolute Gasteiger partial charge is 0.338 e. The predicted molar refractivity (Wildman–Crippen MR) is 67.9 cm³/mol. The van der Waals surface area contributed by atoms with E-state index < -0.39 is 5.97 Å². The van der Waals surface area contributed by atoms with Crippen LogP contribution >= 0.6 is 0 Å². The van der Waals surface area contributed by atoms with Crippen LogP contribution in [0.2, 0.25) is 0 Å². The minimum Gasteiger partial charge on any atom is -0.457 e.